The first-order valence-electron chi connectivity index (χ1n) is 6.52. The molecule has 0 radical (unpaired) electrons. The molecule has 0 aromatic heterocycles. The van der Waals surface area contributed by atoms with Crippen molar-refractivity contribution >= 4 is 23.5 Å². The van der Waals surface area contributed by atoms with Gasteiger partial charge in [-0.1, -0.05) is 6.92 Å². The van der Waals surface area contributed by atoms with Crippen molar-refractivity contribution in [1.82, 2.24) is 5.32 Å². The van der Waals surface area contributed by atoms with Gasteiger partial charge in [0.15, 0.2) is 6.61 Å². The fraction of sp³-hybridized carbons (Fsp3) is 0.357. The Morgan fingerprint density at radius 2 is 1.81 bits per heavy atom. The monoisotopic (exact) mass is 294 g/mol. The Hall–Kier alpha value is -2.57. The topological polar surface area (TPSA) is 105 Å². The van der Waals surface area contributed by atoms with Crippen LogP contribution in [0.3, 0.4) is 0 Å². The van der Waals surface area contributed by atoms with Crippen molar-refractivity contribution in [3.63, 3.8) is 0 Å². The van der Waals surface area contributed by atoms with Crippen LogP contribution in [0.1, 0.15) is 19.8 Å². The molecule has 0 fully saturated rings. The number of carboxylic acid groups (broad SMARTS) is 1. The molecule has 0 unspecified atom stereocenters. The van der Waals surface area contributed by atoms with Crippen molar-refractivity contribution in [1.29, 1.82) is 0 Å². The lowest BCUT2D eigenvalue weighted by Crippen LogP contribution is -2.32. The molecule has 3 N–H and O–H groups in total. The quantitative estimate of drug-likeness (QED) is 0.663. The van der Waals surface area contributed by atoms with Crippen LogP contribution in [0, 0.1) is 0 Å². The van der Waals surface area contributed by atoms with Crippen molar-refractivity contribution in [3.05, 3.63) is 24.3 Å². The second-order valence-electron chi connectivity index (χ2n) is 4.28. The van der Waals surface area contributed by atoms with E-state index in [1.54, 1.807) is 24.3 Å². The minimum atomic E-state index is -1.06. The van der Waals surface area contributed by atoms with Crippen LogP contribution in [-0.2, 0) is 14.4 Å². The van der Waals surface area contributed by atoms with E-state index in [-0.39, 0.29) is 18.4 Å². The van der Waals surface area contributed by atoms with E-state index >= 15 is 0 Å². The fourth-order valence-electron chi connectivity index (χ4n) is 1.48. The minimum Gasteiger partial charge on any atom is -0.482 e. The molecule has 0 saturated carbocycles. The Morgan fingerprint density at radius 1 is 1.14 bits per heavy atom. The number of aliphatic carboxylic acids is 1. The molecule has 7 nitrogen and oxygen atoms in total. The Kier molecular flexibility index (Phi) is 6.73. The Balaban J connectivity index is 2.39. The predicted molar refractivity (Wildman–Crippen MR) is 76.1 cm³/mol. The molecule has 0 bridgehead atoms. The average molecular weight is 294 g/mol. The van der Waals surface area contributed by atoms with Crippen LogP contribution >= 0.6 is 0 Å². The van der Waals surface area contributed by atoms with Crippen LogP contribution in [-0.4, -0.2) is 36.0 Å². The van der Waals surface area contributed by atoms with Crippen LogP contribution in [0.15, 0.2) is 24.3 Å². The molecular weight excluding hydrogens is 276 g/mol. The van der Waals surface area contributed by atoms with Gasteiger partial charge in [0.1, 0.15) is 5.75 Å². The van der Waals surface area contributed by atoms with E-state index in [2.05, 4.69) is 10.6 Å². The zero-order valence-corrected chi connectivity index (χ0v) is 11.7. The summed E-state index contributed by atoms with van der Waals surface area (Å²) in [6, 6.07) is 6.27. The standard InChI is InChI=1S/C14H18N2O5/c1-2-3-12(17)15-8-13(18)16-10-4-6-11(7-5-10)21-9-14(19)20/h4-7H,2-3,8-9H2,1H3,(H,15,17)(H,16,18)(H,19,20). The van der Waals surface area contributed by atoms with Gasteiger partial charge in [0.2, 0.25) is 11.8 Å². The van der Waals surface area contributed by atoms with E-state index in [0.717, 1.165) is 6.42 Å². The zero-order valence-electron chi connectivity index (χ0n) is 11.7. The SMILES string of the molecule is CCCC(=O)NCC(=O)Nc1ccc(OCC(=O)O)cc1. The highest BCUT2D eigenvalue weighted by atomic mass is 16.5. The lowest BCUT2D eigenvalue weighted by Gasteiger charge is -2.08. The van der Waals surface area contributed by atoms with E-state index in [1.807, 2.05) is 6.92 Å². The highest BCUT2D eigenvalue weighted by Crippen LogP contribution is 2.15. The number of carboxylic acids is 1. The van der Waals surface area contributed by atoms with Gasteiger partial charge in [-0.15, -0.1) is 0 Å². The molecule has 1 aromatic rings. The lowest BCUT2D eigenvalue weighted by atomic mass is 10.3. The summed E-state index contributed by atoms with van der Waals surface area (Å²) in [6.45, 7) is 1.37. The van der Waals surface area contributed by atoms with E-state index in [0.29, 0.717) is 17.9 Å². The number of ether oxygens (including phenoxy) is 1. The number of rotatable bonds is 8. The van der Waals surface area contributed by atoms with Crippen LogP contribution < -0.4 is 15.4 Å². The Morgan fingerprint density at radius 3 is 2.38 bits per heavy atom. The molecule has 0 heterocycles. The summed E-state index contributed by atoms with van der Waals surface area (Å²) in [5.41, 5.74) is 0.535. The number of anilines is 1. The van der Waals surface area contributed by atoms with Crippen molar-refractivity contribution in [2.75, 3.05) is 18.5 Å². The van der Waals surface area contributed by atoms with Gasteiger partial charge < -0.3 is 20.5 Å². The summed E-state index contributed by atoms with van der Waals surface area (Å²) in [5, 5.41) is 13.6. The molecule has 114 valence electrons. The van der Waals surface area contributed by atoms with Crippen molar-refractivity contribution < 1.29 is 24.2 Å². The smallest absolute Gasteiger partial charge is 0.341 e. The fourth-order valence-corrected chi connectivity index (χ4v) is 1.48. The first-order chi connectivity index (χ1) is 10.0. The predicted octanol–water partition coefficient (Wildman–Crippen LogP) is 1.00. The molecule has 0 spiro atoms. The molecule has 7 heteroatoms. The summed E-state index contributed by atoms with van der Waals surface area (Å²) in [6.07, 6.45) is 1.12. The van der Waals surface area contributed by atoms with Gasteiger partial charge in [-0.05, 0) is 30.7 Å². The molecule has 2 amide bonds. The summed E-state index contributed by atoms with van der Waals surface area (Å²) >= 11 is 0. The van der Waals surface area contributed by atoms with Crippen LogP contribution in [0.5, 0.6) is 5.75 Å². The van der Waals surface area contributed by atoms with Gasteiger partial charge in [-0.3, -0.25) is 9.59 Å². The van der Waals surface area contributed by atoms with Crippen LogP contribution in [0.25, 0.3) is 0 Å². The maximum atomic E-state index is 11.6. The average Bonchev–Trinajstić information content (AvgIpc) is 2.45. The molecule has 21 heavy (non-hydrogen) atoms. The number of benzene rings is 1. The van der Waals surface area contributed by atoms with Gasteiger partial charge in [-0.2, -0.15) is 0 Å². The van der Waals surface area contributed by atoms with Gasteiger partial charge in [0, 0.05) is 12.1 Å². The van der Waals surface area contributed by atoms with Crippen molar-refractivity contribution in [2.45, 2.75) is 19.8 Å². The third kappa shape index (κ3) is 6.95. The highest BCUT2D eigenvalue weighted by Gasteiger charge is 2.05. The highest BCUT2D eigenvalue weighted by molar-refractivity contribution is 5.94. The number of carbonyl (C=O) groups is 3. The normalized spacial score (nSPS) is 9.76. The van der Waals surface area contributed by atoms with Gasteiger partial charge in [-0.25, -0.2) is 4.79 Å². The van der Waals surface area contributed by atoms with Crippen molar-refractivity contribution in [2.24, 2.45) is 0 Å². The molecule has 0 atom stereocenters. The van der Waals surface area contributed by atoms with E-state index in [1.165, 1.54) is 0 Å². The Bertz CT molecular complexity index is 499. The number of amides is 2. The minimum absolute atomic E-state index is 0.0872. The number of hydrogen-bond donors (Lipinski definition) is 3. The van der Waals surface area contributed by atoms with Crippen LogP contribution in [0.4, 0.5) is 5.69 Å². The molecule has 0 aliphatic rings. The summed E-state index contributed by atoms with van der Waals surface area (Å²) in [7, 11) is 0. The van der Waals surface area contributed by atoms with Crippen molar-refractivity contribution in [3.8, 4) is 5.75 Å². The maximum Gasteiger partial charge on any atom is 0.341 e. The summed E-state index contributed by atoms with van der Waals surface area (Å²) in [5.74, 6) is -1.16. The van der Waals surface area contributed by atoms with Gasteiger partial charge in [0.05, 0.1) is 6.54 Å². The zero-order chi connectivity index (χ0) is 15.7. The third-order valence-electron chi connectivity index (χ3n) is 2.42. The van der Waals surface area contributed by atoms with Gasteiger partial charge >= 0.3 is 5.97 Å². The molecule has 1 rings (SSSR count). The Labute approximate surface area is 122 Å². The summed E-state index contributed by atoms with van der Waals surface area (Å²) < 4.78 is 4.96. The first-order valence-corrected chi connectivity index (χ1v) is 6.52. The first kappa shape index (κ1) is 16.5. The second kappa shape index (κ2) is 8.57. The third-order valence-corrected chi connectivity index (χ3v) is 2.42. The largest absolute Gasteiger partial charge is 0.482 e. The lowest BCUT2D eigenvalue weighted by molar-refractivity contribution is -0.139. The number of carbonyl (C=O) groups excluding carboxylic acids is 2. The number of nitrogens with one attached hydrogen (secondary N) is 2. The second-order valence-corrected chi connectivity index (χ2v) is 4.28. The number of hydrogen-bond acceptors (Lipinski definition) is 4. The molecular formula is C14H18N2O5. The van der Waals surface area contributed by atoms with E-state index < -0.39 is 12.6 Å². The maximum absolute atomic E-state index is 11.6. The van der Waals surface area contributed by atoms with Crippen LogP contribution in [0.2, 0.25) is 0 Å². The molecule has 1 aromatic carbocycles. The van der Waals surface area contributed by atoms with E-state index in [4.69, 9.17) is 9.84 Å². The molecule has 0 saturated heterocycles. The summed E-state index contributed by atoms with van der Waals surface area (Å²) in [4.78, 5) is 33.1. The van der Waals surface area contributed by atoms with E-state index in [9.17, 15) is 14.4 Å². The van der Waals surface area contributed by atoms with Gasteiger partial charge in [0.25, 0.3) is 0 Å². The molecule has 0 aliphatic heterocycles. The molecule has 0 aliphatic carbocycles.